The van der Waals surface area contributed by atoms with E-state index >= 15 is 0 Å². The monoisotopic (exact) mass is 293 g/mol. The van der Waals surface area contributed by atoms with E-state index in [1.165, 1.54) is 32.4 Å². The van der Waals surface area contributed by atoms with E-state index in [0.29, 0.717) is 0 Å². The van der Waals surface area contributed by atoms with Crippen LogP contribution in [0.5, 0.6) is 0 Å². The third kappa shape index (κ3) is 3.48. The molecule has 1 fully saturated rings. The zero-order valence-corrected chi connectivity index (χ0v) is 11.1. The van der Waals surface area contributed by atoms with Gasteiger partial charge in [-0.1, -0.05) is 23.2 Å². The third-order valence-corrected chi connectivity index (χ3v) is 3.24. The maximum absolute atomic E-state index is 10.8. The Bertz CT molecular complexity index is 351. The highest BCUT2D eigenvalue weighted by Gasteiger charge is 2.28. The lowest BCUT2D eigenvalue weighted by Gasteiger charge is -2.17. The van der Waals surface area contributed by atoms with Gasteiger partial charge in [-0.15, -0.1) is 0 Å². The molecule has 0 spiro atoms. The molecule has 7 heteroatoms. The van der Waals surface area contributed by atoms with Gasteiger partial charge in [-0.25, -0.2) is 0 Å². The maximum atomic E-state index is 10.8. The molecule has 5 nitrogen and oxygen atoms in total. The normalized spacial score (nSPS) is 20.8. The van der Waals surface area contributed by atoms with Gasteiger partial charge >= 0.3 is 0 Å². The average molecular weight is 294 g/mol. The van der Waals surface area contributed by atoms with Crippen molar-refractivity contribution >= 4 is 34.8 Å². The summed E-state index contributed by atoms with van der Waals surface area (Å²) in [6.45, 7) is 2.75. The molecule has 0 atom stereocenters. The number of halogens is 2. The topological polar surface area (TPSA) is 94.0 Å². The second kappa shape index (κ2) is 6.78. The molecule has 0 aromatic rings. The minimum absolute atomic E-state index is 0.783. The predicted molar refractivity (Wildman–Crippen MR) is 63.9 cm³/mol. The standard InChI is InChI=1S/C6H2Cl2O4.C5H11N/c7-1-3(9)5(11)2(8)6(12)4(1)10;1-2-4-6-5-3-1/h9,12H;6H,1-5H2. The second-order valence-corrected chi connectivity index (χ2v) is 4.65. The van der Waals surface area contributed by atoms with Gasteiger partial charge in [0, 0.05) is 0 Å². The number of carbonyl (C=O) groups is 2. The lowest BCUT2D eigenvalue weighted by Crippen LogP contribution is -2.85. The van der Waals surface area contributed by atoms with Crippen LogP contribution in [0.1, 0.15) is 19.3 Å². The largest absolute Gasteiger partial charge is 0.869 e. The lowest BCUT2D eigenvalue weighted by atomic mass is 10.1. The highest BCUT2D eigenvalue weighted by Crippen LogP contribution is 2.24. The maximum Gasteiger partial charge on any atom is 0.239 e. The van der Waals surface area contributed by atoms with E-state index in [4.69, 9.17) is 28.3 Å². The number of piperidine rings is 1. The number of hydrogen-bond acceptors (Lipinski definition) is 4. The summed E-state index contributed by atoms with van der Waals surface area (Å²) < 4.78 is 0. The van der Waals surface area contributed by atoms with Crippen LogP contribution in [0.4, 0.5) is 0 Å². The number of ketones is 2. The number of allylic oxidation sites excluding steroid dienone is 2. The van der Waals surface area contributed by atoms with Crippen LogP contribution in [0.3, 0.4) is 0 Å². The number of Topliss-reactive ketones (excluding diaryl/α,β-unsaturated/α-hetero) is 2. The summed E-state index contributed by atoms with van der Waals surface area (Å²) in [6.07, 6.45) is 4.36. The van der Waals surface area contributed by atoms with E-state index in [1.807, 2.05) is 0 Å². The molecule has 3 N–H and O–H groups in total. The minimum Gasteiger partial charge on any atom is -0.869 e. The summed E-state index contributed by atoms with van der Waals surface area (Å²) in [7, 11) is 0. The first-order chi connectivity index (χ1) is 8.46. The van der Waals surface area contributed by atoms with Crippen molar-refractivity contribution in [1.82, 2.24) is 0 Å². The molecule has 0 amide bonds. The van der Waals surface area contributed by atoms with Crippen LogP contribution in [0.15, 0.2) is 21.6 Å². The highest BCUT2D eigenvalue weighted by atomic mass is 35.5. The highest BCUT2D eigenvalue weighted by molar-refractivity contribution is 6.55. The van der Waals surface area contributed by atoms with Gasteiger partial charge in [0.2, 0.25) is 5.78 Å². The number of rotatable bonds is 0. The molecule has 0 unspecified atom stereocenters. The van der Waals surface area contributed by atoms with Crippen molar-refractivity contribution < 1.29 is 25.1 Å². The smallest absolute Gasteiger partial charge is 0.239 e. The fourth-order valence-electron chi connectivity index (χ4n) is 1.51. The molecule has 0 radical (unpaired) electrons. The first-order valence-electron chi connectivity index (χ1n) is 5.53. The Labute approximate surface area is 114 Å². The molecule has 18 heavy (non-hydrogen) atoms. The molecule has 0 aromatic heterocycles. The molecule has 0 aromatic carbocycles. The van der Waals surface area contributed by atoms with Crippen molar-refractivity contribution in [1.29, 1.82) is 0 Å². The minimum atomic E-state index is -1.19. The number of aliphatic hydroxyl groups is 1. The van der Waals surface area contributed by atoms with Gasteiger partial charge < -0.3 is 15.5 Å². The van der Waals surface area contributed by atoms with Gasteiger partial charge in [-0.05, 0) is 25.0 Å². The molecule has 2 aliphatic rings. The predicted octanol–water partition coefficient (Wildman–Crippen LogP) is -0.309. The van der Waals surface area contributed by atoms with Crippen molar-refractivity contribution in [3.63, 3.8) is 0 Å². The van der Waals surface area contributed by atoms with E-state index in [-0.39, 0.29) is 0 Å². The average Bonchev–Trinajstić information content (AvgIpc) is 2.43. The Hall–Kier alpha value is -1.04. The third-order valence-electron chi connectivity index (χ3n) is 2.54. The molecular formula is C11H13Cl2NO4. The molecule has 100 valence electrons. The van der Waals surface area contributed by atoms with Crippen LogP contribution in [0.2, 0.25) is 0 Å². The summed E-state index contributed by atoms with van der Waals surface area (Å²) in [5, 5.41) is 20.3. The Morgan fingerprint density at radius 3 is 1.94 bits per heavy atom. The molecule has 2 rings (SSSR count). The Morgan fingerprint density at radius 1 is 1.00 bits per heavy atom. The summed E-state index contributed by atoms with van der Waals surface area (Å²) in [6, 6.07) is 0. The lowest BCUT2D eigenvalue weighted by molar-refractivity contribution is -0.662. The number of hydrogen-bond donors (Lipinski definition) is 2. The Balaban J connectivity index is 0.000000225. The van der Waals surface area contributed by atoms with E-state index in [0.717, 1.165) is 0 Å². The summed E-state index contributed by atoms with van der Waals surface area (Å²) in [5.41, 5.74) is 0. The van der Waals surface area contributed by atoms with Crippen LogP contribution in [0, 0.1) is 0 Å². The quantitative estimate of drug-likeness (QED) is 0.599. The van der Waals surface area contributed by atoms with Gasteiger partial charge in [0.15, 0.2) is 11.5 Å². The van der Waals surface area contributed by atoms with Gasteiger partial charge in [0.05, 0.1) is 18.1 Å². The van der Waals surface area contributed by atoms with Gasteiger partial charge in [-0.3, -0.25) is 9.59 Å². The fraction of sp³-hybridized carbons (Fsp3) is 0.455. The van der Waals surface area contributed by atoms with Crippen molar-refractivity contribution in [2.45, 2.75) is 19.3 Å². The fourth-order valence-corrected chi connectivity index (χ4v) is 1.86. The number of aliphatic hydroxyl groups excluding tert-OH is 1. The van der Waals surface area contributed by atoms with Crippen LogP contribution in [-0.4, -0.2) is 29.8 Å². The van der Waals surface area contributed by atoms with E-state index < -0.39 is 33.1 Å². The van der Waals surface area contributed by atoms with E-state index in [9.17, 15) is 14.7 Å². The van der Waals surface area contributed by atoms with E-state index in [1.54, 1.807) is 0 Å². The van der Waals surface area contributed by atoms with Crippen LogP contribution in [-0.2, 0) is 9.59 Å². The molecule has 0 bridgehead atoms. The van der Waals surface area contributed by atoms with E-state index in [2.05, 4.69) is 5.32 Å². The van der Waals surface area contributed by atoms with Gasteiger partial charge in [0.1, 0.15) is 5.03 Å². The van der Waals surface area contributed by atoms with Crippen molar-refractivity contribution in [3.05, 3.63) is 21.6 Å². The van der Waals surface area contributed by atoms with Crippen molar-refractivity contribution in [3.8, 4) is 0 Å². The SMILES string of the molecule is C1CC[NH2+]CC1.O=C1C(O)=C(Cl)C(=O)C([O-])=C1Cl. The van der Waals surface area contributed by atoms with Crippen molar-refractivity contribution in [2.75, 3.05) is 13.1 Å². The summed E-state index contributed by atoms with van der Waals surface area (Å²) in [4.78, 5) is 21.5. The summed E-state index contributed by atoms with van der Waals surface area (Å²) in [5.74, 6) is -4.46. The van der Waals surface area contributed by atoms with Crippen molar-refractivity contribution in [2.24, 2.45) is 0 Å². The molecular weight excluding hydrogens is 281 g/mol. The summed E-state index contributed by atoms with van der Waals surface area (Å²) >= 11 is 10.3. The Morgan fingerprint density at radius 2 is 1.56 bits per heavy atom. The second-order valence-electron chi connectivity index (χ2n) is 3.89. The van der Waals surface area contributed by atoms with Crippen LogP contribution < -0.4 is 10.4 Å². The van der Waals surface area contributed by atoms with Gasteiger partial charge in [0.25, 0.3) is 0 Å². The molecule has 1 aliphatic heterocycles. The first-order valence-corrected chi connectivity index (χ1v) is 6.29. The van der Waals surface area contributed by atoms with Crippen LogP contribution in [0.25, 0.3) is 0 Å². The van der Waals surface area contributed by atoms with Crippen LogP contribution >= 0.6 is 23.2 Å². The molecule has 1 saturated heterocycles. The Kier molecular flexibility index (Phi) is 5.65. The molecule has 1 heterocycles. The first kappa shape index (κ1) is 15.0. The molecule has 1 aliphatic carbocycles. The van der Waals surface area contributed by atoms with Gasteiger partial charge in [-0.2, -0.15) is 0 Å². The molecule has 0 saturated carbocycles. The number of nitrogens with two attached hydrogens (primary N) is 1. The zero-order valence-electron chi connectivity index (χ0n) is 9.54. The number of carbonyl (C=O) groups excluding carboxylic acids is 2. The zero-order chi connectivity index (χ0) is 13.7. The number of quaternary nitrogens is 1.